The molecule has 1 N–H and O–H groups in total. The second-order valence-corrected chi connectivity index (χ2v) is 6.17. The molecule has 1 nitrogen and oxygen atoms in total. The van der Waals surface area contributed by atoms with Gasteiger partial charge >= 0.3 is 0 Å². The summed E-state index contributed by atoms with van der Waals surface area (Å²) in [6.07, 6.45) is 9.17. The van der Waals surface area contributed by atoms with Gasteiger partial charge in [-0.05, 0) is 55.2 Å². The first kappa shape index (κ1) is 12.2. The van der Waals surface area contributed by atoms with Crippen molar-refractivity contribution >= 4 is 0 Å². The molecule has 0 amide bonds. The molecule has 2 aliphatic rings. The molecule has 1 aromatic rings. The molecule has 0 unspecified atom stereocenters. The fourth-order valence-electron chi connectivity index (χ4n) is 3.22. The molecule has 0 radical (unpaired) electrons. The molecule has 18 heavy (non-hydrogen) atoms. The topological polar surface area (TPSA) is 12.0 Å². The van der Waals surface area contributed by atoms with Crippen molar-refractivity contribution in [3.63, 3.8) is 0 Å². The van der Waals surface area contributed by atoms with Crippen molar-refractivity contribution in [2.24, 2.45) is 5.41 Å². The molecule has 0 aliphatic heterocycles. The zero-order chi connectivity index (χ0) is 12.4. The van der Waals surface area contributed by atoms with Gasteiger partial charge in [-0.25, -0.2) is 4.39 Å². The van der Waals surface area contributed by atoms with Crippen LogP contribution in [0.15, 0.2) is 24.3 Å². The summed E-state index contributed by atoms with van der Waals surface area (Å²) >= 11 is 0. The SMILES string of the molecule is Fc1ccc(CC2(CNC3CC3)CCCC2)cc1. The van der Waals surface area contributed by atoms with Gasteiger partial charge in [-0.1, -0.05) is 25.0 Å². The Morgan fingerprint density at radius 3 is 2.39 bits per heavy atom. The molecule has 0 bridgehead atoms. The van der Waals surface area contributed by atoms with Crippen LogP contribution < -0.4 is 5.32 Å². The predicted octanol–water partition coefficient (Wildman–Crippen LogP) is 3.68. The summed E-state index contributed by atoms with van der Waals surface area (Å²) in [6, 6.07) is 7.87. The summed E-state index contributed by atoms with van der Waals surface area (Å²) in [6.45, 7) is 1.15. The van der Waals surface area contributed by atoms with E-state index in [1.165, 1.54) is 44.1 Å². The monoisotopic (exact) mass is 247 g/mol. The van der Waals surface area contributed by atoms with Crippen LogP contribution in [0.4, 0.5) is 4.39 Å². The van der Waals surface area contributed by atoms with E-state index in [-0.39, 0.29) is 5.82 Å². The molecule has 0 spiro atoms. The third-order valence-electron chi connectivity index (χ3n) is 4.50. The van der Waals surface area contributed by atoms with Crippen molar-refractivity contribution in [3.8, 4) is 0 Å². The molecule has 1 aromatic carbocycles. The van der Waals surface area contributed by atoms with Gasteiger partial charge in [0.25, 0.3) is 0 Å². The highest BCUT2D eigenvalue weighted by molar-refractivity contribution is 5.18. The molecule has 0 saturated heterocycles. The minimum absolute atomic E-state index is 0.129. The van der Waals surface area contributed by atoms with E-state index >= 15 is 0 Å². The minimum atomic E-state index is -0.129. The van der Waals surface area contributed by atoms with E-state index < -0.39 is 0 Å². The summed E-state index contributed by atoms with van der Waals surface area (Å²) in [7, 11) is 0. The van der Waals surface area contributed by atoms with Crippen LogP contribution in [0.2, 0.25) is 0 Å². The van der Waals surface area contributed by atoms with Gasteiger partial charge < -0.3 is 5.32 Å². The van der Waals surface area contributed by atoms with Crippen molar-refractivity contribution in [3.05, 3.63) is 35.6 Å². The molecule has 0 atom stereocenters. The molecule has 3 rings (SSSR count). The fourth-order valence-corrected chi connectivity index (χ4v) is 3.22. The van der Waals surface area contributed by atoms with Crippen LogP contribution >= 0.6 is 0 Å². The minimum Gasteiger partial charge on any atom is -0.313 e. The maximum Gasteiger partial charge on any atom is 0.123 e. The van der Waals surface area contributed by atoms with Crippen LogP contribution in [-0.2, 0) is 6.42 Å². The Morgan fingerprint density at radius 1 is 1.11 bits per heavy atom. The van der Waals surface area contributed by atoms with Crippen molar-refractivity contribution < 1.29 is 4.39 Å². The molecule has 2 heteroatoms. The molecule has 2 saturated carbocycles. The van der Waals surface area contributed by atoms with Gasteiger partial charge in [0.1, 0.15) is 5.82 Å². The Morgan fingerprint density at radius 2 is 1.78 bits per heavy atom. The third kappa shape index (κ3) is 2.92. The highest BCUT2D eigenvalue weighted by Crippen LogP contribution is 2.41. The van der Waals surface area contributed by atoms with E-state index in [1.807, 2.05) is 12.1 Å². The molecule has 98 valence electrons. The zero-order valence-electron chi connectivity index (χ0n) is 10.9. The van der Waals surface area contributed by atoms with E-state index in [4.69, 9.17) is 0 Å². The zero-order valence-corrected chi connectivity index (χ0v) is 10.9. The lowest BCUT2D eigenvalue weighted by Gasteiger charge is -2.29. The van der Waals surface area contributed by atoms with Crippen LogP contribution in [0, 0.1) is 11.2 Å². The van der Waals surface area contributed by atoms with Gasteiger partial charge in [-0.3, -0.25) is 0 Å². The summed E-state index contributed by atoms with van der Waals surface area (Å²) in [5.74, 6) is -0.129. The van der Waals surface area contributed by atoms with E-state index in [0.29, 0.717) is 5.41 Å². The van der Waals surface area contributed by atoms with Crippen LogP contribution in [0.1, 0.15) is 44.1 Å². The van der Waals surface area contributed by atoms with Gasteiger partial charge in [0.05, 0.1) is 0 Å². The molecular formula is C16H22FN. The van der Waals surface area contributed by atoms with Crippen LogP contribution in [-0.4, -0.2) is 12.6 Å². The molecule has 2 fully saturated rings. The maximum atomic E-state index is 12.9. The first-order valence-corrected chi connectivity index (χ1v) is 7.24. The number of hydrogen-bond donors (Lipinski definition) is 1. The number of halogens is 1. The summed E-state index contributed by atoms with van der Waals surface area (Å²) in [4.78, 5) is 0. The first-order chi connectivity index (χ1) is 8.76. The average molecular weight is 247 g/mol. The lowest BCUT2D eigenvalue weighted by molar-refractivity contribution is 0.276. The largest absolute Gasteiger partial charge is 0.313 e. The third-order valence-corrected chi connectivity index (χ3v) is 4.50. The van der Waals surface area contributed by atoms with Crippen molar-refractivity contribution in [1.29, 1.82) is 0 Å². The first-order valence-electron chi connectivity index (χ1n) is 7.24. The number of nitrogens with one attached hydrogen (secondary N) is 1. The second kappa shape index (κ2) is 5.00. The fraction of sp³-hybridized carbons (Fsp3) is 0.625. The smallest absolute Gasteiger partial charge is 0.123 e. The summed E-state index contributed by atoms with van der Waals surface area (Å²) in [5, 5.41) is 3.70. The lowest BCUT2D eigenvalue weighted by Crippen LogP contribution is -2.35. The maximum absolute atomic E-state index is 12.9. The number of hydrogen-bond acceptors (Lipinski definition) is 1. The van der Waals surface area contributed by atoms with Crippen LogP contribution in [0.25, 0.3) is 0 Å². The average Bonchev–Trinajstić information content (AvgIpc) is 3.10. The Kier molecular flexibility index (Phi) is 3.38. The number of rotatable bonds is 5. The Hall–Kier alpha value is -0.890. The number of benzene rings is 1. The van der Waals surface area contributed by atoms with Crippen LogP contribution in [0.3, 0.4) is 0 Å². The predicted molar refractivity (Wildman–Crippen MR) is 72.0 cm³/mol. The van der Waals surface area contributed by atoms with Gasteiger partial charge in [0, 0.05) is 12.6 Å². The molecule has 2 aliphatic carbocycles. The van der Waals surface area contributed by atoms with Crippen molar-refractivity contribution in [1.82, 2.24) is 5.32 Å². The van der Waals surface area contributed by atoms with E-state index in [9.17, 15) is 4.39 Å². The van der Waals surface area contributed by atoms with Crippen molar-refractivity contribution in [2.75, 3.05) is 6.54 Å². The Balaban J connectivity index is 1.66. The summed E-state index contributed by atoms with van der Waals surface area (Å²) in [5.41, 5.74) is 1.72. The molecule has 0 heterocycles. The van der Waals surface area contributed by atoms with Gasteiger partial charge in [0.2, 0.25) is 0 Å². The Bertz CT molecular complexity index is 388. The Labute approximate surface area is 109 Å². The van der Waals surface area contributed by atoms with Gasteiger partial charge in [-0.15, -0.1) is 0 Å². The van der Waals surface area contributed by atoms with E-state index in [2.05, 4.69) is 5.32 Å². The molecular weight excluding hydrogens is 225 g/mol. The normalized spacial score (nSPS) is 22.3. The van der Waals surface area contributed by atoms with E-state index in [0.717, 1.165) is 19.0 Å². The standard InChI is InChI=1S/C16H22FN/c17-14-5-3-13(4-6-14)11-16(9-1-2-10-16)12-18-15-7-8-15/h3-6,15,18H,1-2,7-12H2. The highest BCUT2D eigenvalue weighted by Gasteiger charge is 2.35. The van der Waals surface area contributed by atoms with Gasteiger partial charge in [-0.2, -0.15) is 0 Å². The molecule has 0 aromatic heterocycles. The lowest BCUT2D eigenvalue weighted by atomic mass is 9.80. The van der Waals surface area contributed by atoms with Crippen molar-refractivity contribution in [2.45, 2.75) is 51.0 Å². The quantitative estimate of drug-likeness (QED) is 0.837. The van der Waals surface area contributed by atoms with Gasteiger partial charge in [0.15, 0.2) is 0 Å². The highest BCUT2D eigenvalue weighted by atomic mass is 19.1. The van der Waals surface area contributed by atoms with Crippen LogP contribution in [0.5, 0.6) is 0 Å². The second-order valence-electron chi connectivity index (χ2n) is 6.17. The summed E-state index contributed by atoms with van der Waals surface area (Å²) < 4.78 is 12.9. The van der Waals surface area contributed by atoms with E-state index in [1.54, 1.807) is 12.1 Å².